The Labute approximate surface area is 179 Å². The topological polar surface area (TPSA) is 97.5 Å². The second-order valence-electron chi connectivity index (χ2n) is 7.74. The molecule has 2 aliphatic rings. The SMILES string of the molecule is Nc1c(NC(=O)/C=C/c2cccnc2)sc2c1CCC(COC(=O)N1CCCC1)C2. The van der Waals surface area contributed by atoms with E-state index in [-0.39, 0.29) is 17.9 Å². The van der Waals surface area contributed by atoms with Crippen molar-refractivity contribution in [3.8, 4) is 0 Å². The summed E-state index contributed by atoms with van der Waals surface area (Å²) in [6, 6.07) is 3.70. The van der Waals surface area contributed by atoms with Gasteiger partial charge in [0.1, 0.15) is 5.00 Å². The molecule has 1 fully saturated rings. The molecule has 1 aliphatic heterocycles. The van der Waals surface area contributed by atoms with Crippen LogP contribution in [-0.4, -0.2) is 41.6 Å². The standard InChI is InChI=1S/C22H26N4O3S/c23-20-17-7-5-16(14-29-22(28)26-10-1-2-11-26)12-18(17)30-21(20)25-19(27)8-6-15-4-3-9-24-13-15/h3-4,6,8-9,13,16H,1-2,5,7,10-12,14,23H2,(H,25,27)/b8-6+. The molecular weight excluding hydrogens is 400 g/mol. The van der Waals surface area contributed by atoms with Gasteiger partial charge in [0, 0.05) is 36.4 Å². The zero-order valence-corrected chi connectivity index (χ0v) is 17.6. The third-order valence-electron chi connectivity index (χ3n) is 5.56. The van der Waals surface area contributed by atoms with E-state index < -0.39 is 0 Å². The van der Waals surface area contributed by atoms with Crippen LogP contribution in [0.3, 0.4) is 0 Å². The molecule has 0 aromatic carbocycles. The highest BCUT2D eigenvalue weighted by atomic mass is 32.1. The molecule has 1 saturated heterocycles. The summed E-state index contributed by atoms with van der Waals surface area (Å²) in [5.74, 6) is 0.0661. The van der Waals surface area contributed by atoms with Crippen LogP contribution in [0.1, 0.15) is 35.3 Å². The molecule has 0 spiro atoms. The molecule has 2 amide bonds. The number of pyridine rings is 1. The van der Waals surface area contributed by atoms with Crippen molar-refractivity contribution in [3.05, 3.63) is 46.6 Å². The number of carbonyl (C=O) groups is 2. The predicted molar refractivity (Wildman–Crippen MR) is 118 cm³/mol. The van der Waals surface area contributed by atoms with Crippen LogP contribution < -0.4 is 11.1 Å². The van der Waals surface area contributed by atoms with Gasteiger partial charge in [0.05, 0.1) is 12.3 Å². The average molecular weight is 427 g/mol. The van der Waals surface area contributed by atoms with Crippen molar-refractivity contribution in [2.24, 2.45) is 5.92 Å². The van der Waals surface area contributed by atoms with E-state index in [0.29, 0.717) is 17.3 Å². The number of carbonyl (C=O) groups excluding carboxylic acids is 2. The van der Waals surface area contributed by atoms with E-state index in [1.807, 2.05) is 12.1 Å². The van der Waals surface area contributed by atoms with Crippen molar-refractivity contribution in [2.75, 3.05) is 30.7 Å². The van der Waals surface area contributed by atoms with Gasteiger partial charge in [-0.05, 0) is 61.3 Å². The molecule has 158 valence electrons. The van der Waals surface area contributed by atoms with Gasteiger partial charge in [-0.1, -0.05) is 6.07 Å². The number of nitrogen functional groups attached to an aromatic ring is 1. The van der Waals surface area contributed by atoms with Gasteiger partial charge in [0.15, 0.2) is 0 Å². The Morgan fingerprint density at radius 1 is 1.37 bits per heavy atom. The highest BCUT2D eigenvalue weighted by molar-refractivity contribution is 7.17. The third-order valence-corrected chi connectivity index (χ3v) is 6.75. The van der Waals surface area contributed by atoms with Crippen LogP contribution >= 0.6 is 11.3 Å². The van der Waals surface area contributed by atoms with E-state index in [4.69, 9.17) is 10.5 Å². The van der Waals surface area contributed by atoms with E-state index in [1.54, 1.807) is 23.4 Å². The Morgan fingerprint density at radius 3 is 2.97 bits per heavy atom. The fraction of sp³-hybridized carbons (Fsp3) is 0.409. The van der Waals surface area contributed by atoms with E-state index in [0.717, 1.165) is 56.3 Å². The van der Waals surface area contributed by atoms with Crippen molar-refractivity contribution in [2.45, 2.75) is 32.1 Å². The Hall–Kier alpha value is -2.87. The number of aromatic nitrogens is 1. The lowest BCUT2D eigenvalue weighted by Crippen LogP contribution is -2.30. The lowest BCUT2D eigenvalue weighted by Gasteiger charge is -2.23. The van der Waals surface area contributed by atoms with Crippen LogP contribution in [0.5, 0.6) is 0 Å². The van der Waals surface area contributed by atoms with Gasteiger partial charge in [-0.25, -0.2) is 4.79 Å². The number of fused-ring (bicyclic) bond motifs is 1. The van der Waals surface area contributed by atoms with Gasteiger partial charge < -0.3 is 20.7 Å². The molecular formula is C22H26N4O3S. The maximum absolute atomic E-state index is 12.3. The first-order chi connectivity index (χ1) is 14.6. The first kappa shape index (κ1) is 20.4. The largest absolute Gasteiger partial charge is 0.449 e. The molecule has 3 heterocycles. The van der Waals surface area contributed by atoms with Crippen LogP contribution in [-0.2, 0) is 22.4 Å². The van der Waals surface area contributed by atoms with Crippen molar-refractivity contribution >= 4 is 40.1 Å². The minimum atomic E-state index is -0.222. The Morgan fingerprint density at radius 2 is 2.20 bits per heavy atom. The van der Waals surface area contributed by atoms with Gasteiger partial charge in [0.25, 0.3) is 0 Å². The number of nitrogens with two attached hydrogens (primary N) is 1. The van der Waals surface area contributed by atoms with Crippen molar-refractivity contribution < 1.29 is 14.3 Å². The van der Waals surface area contributed by atoms with Crippen LogP contribution in [0.2, 0.25) is 0 Å². The number of nitrogens with zero attached hydrogens (tertiary/aromatic N) is 2. The lowest BCUT2D eigenvalue weighted by molar-refractivity contribution is -0.111. The Bertz CT molecular complexity index is 935. The molecule has 3 N–H and O–H groups in total. The van der Waals surface area contributed by atoms with Gasteiger partial charge in [-0.3, -0.25) is 9.78 Å². The van der Waals surface area contributed by atoms with E-state index in [2.05, 4.69) is 10.3 Å². The number of likely N-dealkylation sites (tertiary alicyclic amines) is 1. The molecule has 2 aromatic heterocycles. The maximum Gasteiger partial charge on any atom is 0.409 e. The Kier molecular flexibility index (Phi) is 6.32. The second-order valence-corrected chi connectivity index (χ2v) is 8.84. The molecule has 1 atom stereocenters. The fourth-order valence-corrected chi connectivity index (χ4v) is 5.18. The maximum atomic E-state index is 12.3. The smallest absolute Gasteiger partial charge is 0.409 e. The van der Waals surface area contributed by atoms with Crippen LogP contribution in [0.15, 0.2) is 30.6 Å². The van der Waals surface area contributed by atoms with Crippen molar-refractivity contribution in [3.63, 3.8) is 0 Å². The van der Waals surface area contributed by atoms with Gasteiger partial charge in [0.2, 0.25) is 5.91 Å². The zero-order chi connectivity index (χ0) is 20.9. The van der Waals surface area contributed by atoms with E-state index in [1.165, 1.54) is 22.3 Å². The minimum Gasteiger partial charge on any atom is -0.449 e. The Balaban J connectivity index is 1.33. The summed E-state index contributed by atoms with van der Waals surface area (Å²) in [5.41, 5.74) is 8.94. The number of thiophene rings is 1. The molecule has 30 heavy (non-hydrogen) atoms. The van der Waals surface area contributed by atoms with Gasteiger partial charge >= 0.3 is 6.09 Å². The first-order valence-electron chi connectivity index (χ1n) is 10.3. The molecule has 1 aliphatic carbocycles. The molecule has 0 saturated carbocycles. The quantitative estimate of drug-likeness (QED) is 0.710. The number of hydrogen-bond acceptors (Lipinski definition) is 6. The molecule has 1 unspecified atom stereocenters. The normalized spacial score (nSPS) is 18.4. The predicted octanol–water partition coefficient (Wildman–Crippen LogP) is 3.71. The highest BCUT2D eigenvalue weighted by Crippen LogP contribution is 2.41. The average Bonchev–Trinajstić information content (AvgIpc) is 3.40. The number of amides is 2. The number of rotatable bonds is 5. The number of hydrogen-bond donors (Lipinski definition) is 2. The van der Waals surface area contributed by atoms with Crippen molar-refractivity contribution in [1.82, 2.24) is 9.88 Å². The van der Waals surface area contributed by atoms with Gasteiger partial charge in [-0.15, -0.1) is 11.3 Å². The van der Waals surface area contributed by atoms with Crippen molar-refractivity contribution in [1.29, 1.82) is 0 Å². The van der Waals surface area contributed by atoms with Crippen LogP contribution in [0, 0.1) is 5.92 Å². The summed E-state index contributed by atoms with van der Waals surface area (Å²) in [7, 11) is 0. The van der Waals surface area contributed by atoms with E-state index in [9.17, 15) is 9.59 Å². The van der Waals surface area contributed by atoms with Crippen LogP contribution in [0.25, 0.3) is 6.08 Å². The van der Waals surface area contributed by atoms with Gasteiger partial charge in [-0.2, -0.15) is 0 Å². The number of nitrogens with one attached hydrogen (secondary N) is 1. The molecule has 7 nitrogen and oxygen atoms in total. The summed E-state index contributed by atoms with van der Waals surface area (Å²) < 4.78 is 5.53. The summed E-state index contributed by atoms with van der Waals surface area (Å²) in [6.07, 6.45) is 11.1. The minimum absolute atomic E-state index is 0.197. The number of anilines is 2. The summed E-state index contributed by atoms with van der Waals surface area (Å²) >= 11 is 1.52. The van der Waals surface area contributed by atoms with E-state index >= 15 is 0 Å². The monoisotopic (exact) mass is 426 g/mol. The second kappa shape index (κ2) is 9.30. The third kappa shape index (κ3) is 4.81. The number of ether oxygens (including phenoxy) is 1. The highest BCUT2D eigenvalue weighted by Gasteiger charge is 2.27. The molecule has 0 bridgehead atoms. The summed E-state index contributed by atoms with van der Waals surface area (Å²) in [5, 5.41) is 3.59. The summed E-state index contributed by atoms with van der Waals surface area (Å²) in [4.78, 5) is 31.4. The van der Waals surface area contributed by atoms with Crippen LogP contribution in [0.4, 0.5) is 15.5 Å². The lowest BCUT2D eigenvalue weighted by atomic mass is 9.89. The zero-order valence-electron chi connectivity index (χ0n) is 16.8. The summed E-state index contributed by atoms with van der Waals surface area (Å²) in [6.45, 7) is 2.03. The molecule has 4 rings (SSSR count). The molecule has 2 aromatic rings. The fourth-order valence-electron chi connectivity index (χ4n) is 3.89. The molecule has 8 heteroatoms. The first-order valence-corrected chi connectivity index (χ1v) is 11.1. The molecule has 0 radical (unpaired) electrons.